The Balaban J connectivity index is 1.35. The number of aliphatic hydroxyl groups excluding tert-OH is 1. The first-order valence-electron chi connectivity index (χ1n) is 9.60. The molecule has 2 atom stereocenters. The highest BCUT2D eigenvalue weighted by molar-refractivity contribution is 7.89. The summed E-state index contributed by atoms with van der Waals surface area (Å²) in [7, 11) is -3.66. The second-order valence-corrected chi connectivity index (χ2v) is 8.96. The number of aromatic nitrogens is 3. The van der Waals surface area contributed by atoms with Crippen molar-refractivity contribution in [3.63, 3.8) is 0 Å². The molecule has 3 aromatic heterocycles. The number of hydrogen-bond donors (Lipinski definition) is 4. The molecule has 156 valence electrons. The molecule has 4 aromatic rings. The molecular weight excluding hydrogens is 402 g/mol. The Labute approximate surface area is 174 Å². The third-order valence-electron chi connectivity index (χ3n) is 4.94. The monoisotopic (exact) mass is 425 g/mol. The molecule has 0 saturated carbocycles. The third-order valence-corrected chi connectivity index (χ3v) is 6.53. The second-order valence-electron chi connectivity index (χ2n) is 7.25. The minimum absolute atomic E-state index is 0.209. The van der Waals surface area contributed by atoms with Gasteiger partial charge in [0.05, 0.1) is 22.7 Å². The second kappa shape index (κ2) is 8.49. The molecule has 0 aliphatic heterocycles. The van der Waals surface area contributed by atoms with Gasteiger partial charge in [0, 0.05) is 60.3 Å². The van der Waals surface area contributed by atoms with E-state index in [-0.39, 0.29) is 10.9 Å². The molecule has 4 rings (SSSR count). The van der Waals surface area contributed by atoms with Crippen LogP contribution in [0.5, 0.6) is 0 Å². The fourth-order valence-electron chi connectivity index (χ4n) is 3.42. The lowest BCUT2D eigenvalue weighted by Crippen LogP contribution is -2.40. The molecule has 1 unspecified atom stereocenters. The van der Waals surface area contributed by atoms with Gasteiger partial charge in [0.2, 0.25) is 10.0 Å². The lowest BCUT2D eigenvalue weighted by atomic mass is 10.1. The van der Waals surface area contributed by atoms with Gasteiger partial charge in [-0.2, -0.15) is 0 Å². The minimum atomic E-state index is -3.66. The number of aliphatic hydroxyl groups is 1. The van der Waals surface area contributed by atoms with Crippen LogP contribution in [0.3, 0.4) is 0 Å². The Morgan fingerprint density at radius 1 is 1.07 bits per heavy atom. The number of sulfonamides is 1. The third kappa shape index (κ3) is 4.34. The lowest BCUT2D eigenvalue weighted by Gasteiger charge is -2.17. The van der Waals surface area contributed by atoms with Crippen LogP contribution in [0.15, 0.2) is 66.2 Å². The molecule has 0 radical (unpaired) electrons. The van der Waals surface area contributed by atoms with Crippen LogP contribution in [-0.4, -0.2) is 47.6 Å². The van der Waals surface area contributed by atoms with Gasteiger partial charge in [0.25, 0.3) is 0 Å². The Morgan fingerprint density at radius 3 is 2.73 bits per heavy atom. The zero-order valence-electron chi connectivity index (χ0n) is 16.4. The van der Waals surface area contributed by atoms with E-state index in [2.05, 4.69) is 25.0 Å². The summed E-state index contributed by atoms with van der Waals surface area (Å²) in [5.74, 6) is 0. The highest BCUT2D eigenvalue weighted by Gasteiger charge is 2.18. The highest BCUT2D eigenvalue weighted by Crippen LogP contribution is 2.23. The van der Waals surface area contributed by atoms with Crippen molar-refractivity contribution in [2.24, 2.45) is 0 Å². The number of rotatable bonds is 8. The van der Waals surface area contributed by atoms with Crippen molar-refractivity contribution < 1.29 is 13.5 Å². The van der Waals surface area contributed by atoms with Gasteiger partial charge in [0.1, 0.15) is 0 Å². The summed E-state index contributed by atoms with van der Waals surface area (Å²) in [6.45, 7) is 2.45. The van der Waals surface area contributed by atoms with E-state index >= 15 is 0 Å². The van der Waals surface area contributed by atoms with Crippen LogP contribution in [0.25, 0.3) is 21.7 Å². The Morgan fingerprint density at radius 2 is 1.87 bits per heavy atom. The van der Waals surface area contributed by atoms with Crippen molar-refractivity contribution >= 4 is 31.7 Å². The molecule has 30 heavy (non-hydrogen) atoms. The summed E-state index contributed by atoms with van der Waals surface area (Å²) < 4.78 is 28.1. The van der Waals surface area contributed by atoms with Crippen LogP contribution in [0.4, 0.5) is 0 Å². The normalized spacial score (nSPS) is 14.2. The Kier molecular flexibility index (Phi) is 5.78. The number of fused-ring (bicyclic) bond motifs is 2. The Bertz CT molecular complexity index is 1270. The fourth-order valence-corrected chi connectivity index (χ4v) is 4.70. The first-order chi connectivity index (χ1) is 14.4. The van der Waals surface area contributed by atoms with Crippen LogP contribution in [0.1, 0.15) is 18.6 Å². The van der Waals surface area contributed by atoms with Crippen molar-refractivity contribution in [3.05, 3.63) is 66.9 Å². The predicted octanol–water partition coefficient (Wildman–Crippen LogP) is 2.10. The number of pyridine rings is 2. The summed E-state index contributed by atoms with van der Waals surface area (Å²) in [5, 5.41) is 16.2. The molecule has 9 heteroatoms. The first kappa shape index (κ1) is 20.4. The number of benzene rings is 1. The molecule has 4 N–H and O–H groups in total. The molecule has 1 aromatic carbocycles. The largest absolute Gasteiger partial charge is 0.387 e. The summed E-state index contributed by atoms with van der Waals surface area (Å²) in [5.41, 5.74) is 1.64. The van der Waals surface area contributed by atoms with Crippen LogP contribution in [0, 0.1) is 0 Å². The van der Waals surface area contributed by atoms with Crippen molar-refractivity contribution in [2.75, 3.05) is 13.1 Å². The highest BCUT2D eigenvalue weighted by atomic mass is 32.2. The SMILES string of the molecule is C[C@H](CNCC(O)c1c[nH]c2cnccc12)NS(=O)(=O)c1ccc2cnccc2c1. The molecule has 8 nitrogen and oxygen atoms in total. The maximum Gasteiger partial charge on any atom is 0.240 e. The molecule has 0 aliphatic carbocycles. The molecule has 0 bridgehead atoms. The van der Waals surface area contributed by atoms with Crippen LogP contribution in [-0.2, 0) is 10.0 Å². The van der Waals surface area contributed by atoms with E-state index in [9.17, 15) is 13.5 Å². The van der Waals surface area contributed by atoms with E-state index in [1.54, 1.807) is 62.2 Å². The summed E-state index contributed by atoms with van der Waals surface area (Å²) in [4.78, 5) is 11.4. The van der Waals surface area contributed by atoms with E-state index in [0.29, 0.717) is 13.1 Å². The number of nitrogens with zero attached hydrogens (tertiary/aromatic N) is 2. The van der Waals surface area contributed by atoms with E-state index in [1.165, 1.54) is 0 Å². The fraction of sp³-hybridized carbons (Fsp3) is 0.238. The standard InChI is InChI=1S/C21H23N5O3S/c1-14(9-24-13-21(27)19-11-25-20-12-23-7-5-18(19)20)26-30(28,29)17-3-2-16-10-22-6-4-15(16)8-17/h2-8,10-12,14,21,24-27H,9,13H2,1H3/t14-,21?/m1/s1. The number of aromatic amines is 1. The van der Waals surface area contributed by atoms with Crippen LogP contribution >= 0.6 is 0 Å². The average molecular weight is 426 g/mol. The van der Waals surface area contributed by atoms with Crippen molar-refractivity contribution in [1.82, 2.24) is 25.0 Å². The van der Waals surface area contributed by atoms with Gasteiger partial charge >= 0.3 is 0 Å². The van der Waals surface area contributed by atoms with Gasteiger partial charge in [-0.1, -0.05) is 6.07 Å². The summed E-state index contributed by atoms with van der Waals surface area (Å²) >= 11 is 0. The molecule has 3 heterocycles. The van der Waals surface area contributed by atoms with E-state index < -0.39 is 16.1 Å². The van der Waals surface area contributed by atoms with Crippen molar-refractivity contribution in [3.8, 4) is 0 Å². The molecular formula is C21H23N5O3S. The van der Waals surface area contributed by atoms with E-state index in [1.807, 2.05) is 6.07 Å². The Hall–Kier alpha value is -2.85. The quantitative estimate of drug-likeness (QED) is 0.343. The van der Waals surface area contributed by atoms with Gasteiger partial charge in [0.15, 0.2) is 0 Å². The lowest BCUT2D eigenvalue weighted by molar-refractivity contribution is 0.175. The maximum absolute atomic E-state index is 12.7. The number of hydrogen-bond acceptors (Lipinski definition) is 6. The summed E-state index contributed by atoms with van der Waals surface area (Å²) in [6.07, 6.45) is 7.76. The van der Waals surface area contributed by atoms with Gasteiger partial charge in [-0.25, -0.2) is 13.1 Å². The summed E-state index contributed by atoms with van der Waals surface area (Å²) in [6, 6.07) is 8.22. The number of nitrogens with one attached hydrogen (secondary N) is 3. The zero-order valence-corrected chi connectivity index (χ0v) is 17.2. The first-order valence-corrected chi connectivity index (χ1v) is 11.1. The number of H-pyrrole nitrogens is 1. The predicted molar refractivity (Wildman–Crippen MR) is 115 cm³/mol. The van der Waals surface area contributed by atoms with Crippen LogP contribution in [0.2, 0.25) is 0 Å². The van der Waals surface area contributed by atoms with E-state index in [0.717, 1.165) is 27.2 Å². The molecule has 0 saturated heterocycles. The van der Waals surface area contributed by atoms with Gasteiger partial charge in [-0.3, -0.25) is 9.97 Å². The smallest absolute Gasteiger partial charge is 0.240 e. The topological polar surface area (TPSA) is 120 Å². The van der Waals surface area contributed by atoms with Gasteiger partial charge in [-0.05, 0) is 36.6 Å². The molecule has 0 fully saturated rings. The molecule has 0 aliphatic rings. The van der Waals surface area contributed by atoms with Crippen molar-refractivity contribution in [2.45, 2.75) is 24.0 Å². The van der Waals surface area contributed by atoms with E-state index in [4.69, 9.17) is 0 Å². The van der Waals surface area contributed by atoms with Crippen LogP contribution < -0.4 is 10.0 Å². The minimum Gasteiger partial charge on any atom is -0.387 e. The van der Waals surface area contributed by atoms with Crippen molar-refractivity contribution in [1.29, 1.82) is 0 Å². The van der Waals surface area contributed by atoms with Gasteiger partial charge < -0.3 is 15.4 Å². The maximum atomic E-state index is 12.7. The molecule has 0 spiro atoms. The zero-order chi connectivity index (χ0) is 21.1. The average Bonchev–Trinajstić information content (AvgIpc) is 3.17. The molecule has 0 amide bonds. The van der Waals surface area contributed by atoms with Gasteiger partial charge in [-0.15, -0.1) is 0 Å².